The van der Waals surface area contributed by atoms with Gasteiger partial charge in [0, 0.05) is 0 Å². The van der Waals surface area contributed by atoms with E-state index in [0.717, 1.165) is 43.6 Å². The molecule has 1 unspecified atom stereocenters. The van der Waals surface area contributed by atoms with Crippen LogP contribution in [0.2, 0.25) is 0 Å². The minimum absolute atomic E-state index is 0.585. The average molecular weight is 285 g/mol. The van der Waals surface area contributed by atoms with Crippen LogP contribution in [0.1, 0.15) is 69.6 Å². The maximum Gasteiger partial charge on any atom is 0.0976 e. The van der Waals surface area contributed by atoms with Crippen LogP contribution < -0.4 is 0 Å². The summed E-state index contributed by atoms with van der Waals surface area (Å²) in [6.07, 6.45) is 6.61. The number of aryl methyl sites for hydroxylation is 1. The third kappa shape index (κ3) is 3.47. The molecule has 0 bridgehead atoms. The maximum atomic E-state index is 10.8. The second-order valence-electron chi connectivity index (χ2n) is 6.50. The lowest BCUT2D eigenvalue weighted by molar-refractivity contribution is 0.0236. The van der Waals surface area contributed by atoms with Crippen LogP contribution in [0.5, 0.6) is 0 Å². The Hall–Kier alpha value is -1.33. The molecule has 0 amide bonds. The van der Waals surface area contributed by atoms with Crippen LogP contribution in [-0.4, -0.2) is 5.11 Å². The summed E-state index contributed by atoms with van der Waals surface area (Å²) in [6.45, 7) is 4.34. The predicted octanol–water partition coefficient (Wildman–Crippen LogP) is 4.78. The summed E-state index contributed by atoms with van der Waals surface area (Å²) in [5, 5.41) is 20.4. The molecule has 21 heavy (non-hydrogen) atoms. The lowest BCUT2D eigenvalue weighted by atomic mass is 9.66. The van der Waals surface area contributed by atoms with Crippen molar-refractivity contribution in [1.82, 2.24) is 0 Å². The highest BCUT2D eigenvalue weighted by molar-refractivity contribution is 5.27. The number of rotatable bonds is 5. The highest BCUT2D eigenvalue weighted by Gasteiger charge is 2.42. The molecule has 1 fully saturated rings. The van der Waals surface area contributed by atoms with E-state index in [9.17, 15) is 10.4 Å². The first-order valence-corrected chi connectivity index (χ1v) is 8.33. The standard InChI is InChI=1S/C19H27NO/c1-3-5-16-10-12-19(14-20,13-11-16)18(21)17-8-6-15(4-2)7-9-17/h6-9,16,18,21H,3-5,10-13H2,1-2H3. The van der Waals surface area contributed by atoms with E-state index in [4.69, 9.17) is 0 Å². The largest absolute Gasteiger partial charge is 0.387 e. The Morgan fingerprint density at radius 2 is 1.86 bits per heavy atom. The van der Waals surface area contributed by atoms with E-state index >= 15 is 0 Å². The van der Waals surface area contributed by atoms with E-state index in [1.54, 1.807) is 0 Å². The molecule has 0 spiro atoms. The Morgan fingerprint density at radius 3 is 2.33 bits per heavy atom. The van der Waals surface area contributed by atoms with E-state index < -0.39 is 11.5 Å². The summed E-state index contributed by atoms with van der Waals surface area (Å²) < 4.78 is 0. The van der Waals surface area contributed by atoms with Crippen LogP contribution in [0.3, 0.4) is 0 Å². The van der Waals surface area contributed by atoms with Gasteiger partial charge >= 0.3 is 0 Å². The molecule has 0 saturated heterocycles. The van der Waals surface area contributed by atoms with Gasteiger partial charge in [0.1, 0.15) is 0 Å². The number of nitriles is 1. The molecule has 1 saturated carbocycles. The molecule has 0 radical (unpaired) electrons. The van der Waals surface area contributed by atoms with Gasteiger partial charge in [0.25, 0.3) is 0 Å². The van der Waals surface area contributed by atoms with Gasteiger partial charge in [0.05, 0.1) is 17.6 Å². The lowest BCUT2D eigenvalue weighted by Gasteiger charge is -2.38. The minimum atomic E-state index is -0.656. The Labute approximate surface area is 128 Å². The van der Waals surface area contributed by atoms with Crippen LogP contribution >= 0.6 is 0 Å². The van der Waals surface area contributed by atoms with E-state index in [1.165, 1.54) is 18.4 Å². The Balaban J connectivity index is 2.11. The van der Waals surface area contributed by atoms with E-state index in [1.807, 2.05) is 12.1 Å². The average Bonchev–Trinajstić information content (AvgIpc) is 2.55. The van der Waals surface area contributed by atoms with Crippen molar-refractivity contribution < 1.29 is 5.11 Å². The quantitative estimate of drug-likeness (QED) is 0.846. The molecule has 0 aliphatic heterocycles. The molecule has 2 rings (SSSR count). The molecule has 1 atom stereocenters. The molecule has 1 N–H and O–H groups in total. The van der Waals surface area contributed by atoms with Crippen LogP contribution in [-0.2, 0) is 6.42 Å². The monoisotopic (exact) mass is 285 g/mol. The van der Waals surface area contributed by atoms with Crippen LogP contribution in [0.4, 0.5) is 0 Å². The summed E-state index contributed by atoms with van der Waals surface area (Å²) in [6, 6.07) is 10.6. The van der Waals surface area contributed by atoms with Crippen LogP contribution in [0.15, 0.2) is 24.3 Å². The molecule has 1 aliphatic carbocycles. The zero-order valence-electron chi connectivity index (χ0n) is 13.3. The van der Waals surface area contributed by atoms with E-state index in [0.29, 0.717) is 0 Å². The zero-order valence-corrected chi connectivity index (χ0v) is 13.3. The SMILES string of the molecule is CCCC1CCC(C#N)(C(O)c2ccc(CC)cc2)CC1. The molecular formula is C19H27NO. The fraction of sp³-hybridized carbons (Fsp3) is 0.632. The number of aliphatic hydroxyl groups is 1. The number of nitrogens with zero attached hydrogens (tertiary/aromatic N) is 1. The summed E-state index contributed by atoms with van der Waals surface area (Å²) in [4.78, 5) is 0. The van der Waals surface area contributed by atoms with E-state index in [2.05, 4.69) is 32.0 Å². The predicted molar refractivity (Wildman–Crippen MR) is 85.7 cm³/mol. The van der Waals surface area contributed by atoms with Crippen molar-refractivity contribution >= 4 is 0 Å². The molecule has 0 aromatic heterocycles. The third-order valence-electron chi connectivity index (χ3n) is 5.14. The number of hydrogen-bond acceptors (Lipinski definition) is 2. The maximum absolute atomic E-state index is 10.8. The van der Waals surface area contributed by atoms with Crippen LogP contribution in [0, 0.1) is 22.7 Å². The summed E-state index contributed by atoms with van der Waals surface area (Å²) >= 11 is 0. The Morgan fingerprint density at radius 1 is 1.24 bits per heavy atom. The Bertz CT molecular complexity index is 477. The second kappa shape index (κ2) is 7.09. The van der Waals surface area contributed by atoms with Crippen molar-refractivity contribution in [3.63, 3.8) is 0 Å². The molecular weight excluding hydrogens is 258 g/mol. The van der Waals surface area contributed by atoms with Crippen molar-refractivity contribution in [2.24, 2.45) is 11.3 Å². The topological polar surface area (TPSA) is 44.0 Å². The van der Waals surface area contributed by atoms with Gasteiger partial charge < -0.3 is 5.11 Å². The fourth-order valence-corrected chi connectivity index (χ4v) is 3.59. The molecule has 2 heteroatoms. The normalized spacial score (nSPS) is 27.0. The van der Waals surface area contributed by atoms with Crippen molar-refractivity contribution in [1.29, 1.82) is 5.26 Å². The highest BCUT2D eigenvalue weighted by atomic mass is 16.3. The Kier molecular flexibility index (Phi) is 5.42. The summed E-state index contributed by atoms with van der Waals surface area (Å²) in [5.41, 5.74) is 1.57. The number of aliphatic hydroxyl groups excluding tert-OH is 1. The molecule has 1 aromatic carbocycles. The second-order valence-corrected chi connectivity index (χ2v) is 6.50. The number of hydrogen-bond donors (Lipinski definition) is 1. The van der Waals surface area contributed by atoms with Crippen molar-refractivity contribution in [2.45, 2.75) is 64.9 Å². The first-order chi connectivity index (χ1) is 10.1. The molecule has 2 nitrogen and oxygen atoms in total. The van der Waals surface area contributed by atoms with Gasteiger partial charge in [-0.2, -0.15) is 5.26 Å². The number of benzene rings is 1. The lowest BCUT2D eigenvalue weighted by Crippen LogP contribution is -2.32. The van der Waals surface area contributed by atoms with Gasteiger partial charge in [-0.05, 0) is 49.1 Å². The first-order valence-electron chi connectivity index (χ1n) is 8.33. The molecule has 1 aliphatic rings. The third-order valence-corrected chi connectivity index (χ3v) is 5.14. The minimum Gasteiger partial charge on any atom is -0.387 e. The van der Waals surface area contributed by atoms with Crippen molar-refractivity contribution in [3.05, 3.63) is 35.4 Å². The van der Waals surface area contributed by atoms with Crippen molar-refractivity contribution in [2.75, 3.05) is 0 Å². The smallest absolute Gasteiger partial charge is 0.0976 e. The first kappa shape index (κ1) is 16.0. The zero-order chi connectivity index (χ0) is 15.3. The molecule has 114 valence electrons. The van der Waals surface area contributed by atoms with Gasteiger partial charge in [0.2, 0.25) is 0 Å². The molecule has 0 heterocycles. The van der Waals surface area contributed by atoms with E-state index in [-0.39, 0.29) is 0 Å². The van der Waals surface area contributed by atoms with Gasteiger partial charge in [-0.25, -0.2) is 0 Å². The fourth-order valence-electron chi connectivity index (χ4n) is 3.59. The molecule has 1 aromatic rings. The highest BCUT2D eigenvalue weighted by Crippen LogP contribution is 2.47. The summed E-state index contributed by atoms with van der Waals surface area (Å²) in [5.74, 6) is 0.742. The van der Waals surface area contributed by atoms with Gasteiger partial charge in [-0.3, -0.25) is 0 Å². The van der Waals surface area contributed by atoms with Gasteiger partial charge in [-0.15, -0.1) is 0 Å². The van der Waals surface area contributed by atoms with Crippen molar-refractivity contribution in [3.8, 4) is 6.07 Å². The van der Waals surface area contributed by atoms with Crippen LogP contribution in [0.25, 0.3) is 0 Å². The van der Waals surface area contributed by atoms with Gasteiger partial charge in [0.15, 0.2) is 0 Å². The van der Waals surface area contributed by atoms with Gasteiger partial charge in [-0.1, -0.05) is 51.0 Å². The summed E-state index contributed by atoms with van der Waals surface area (Å²) in [7, 11) is 0.